The van der Waals surface area contributed by atoms with Gasteiger partial charge in [0, 0.05) is 12.6 Å². The monoisotopic (exact) mass is 223 g/mol. The van der Waals surface area contributed by atoms with E-state index in [1.807, 2.05) is 13.8 Å². The van der Waals surface area contributed by atoms with Gasteiger partial charge in [-0.05, 0) is 52.7 Å². The third kappa shape index (κ3) is 4.51. The van der Waals surface area contributed by atoms with E-state index < -0.39 is 0 Å². The second-order valence-electron chi connectivity index (χ2n) is 5.49. The Morgan fingerprint density at radius 1 is 1.38 bits per heavy atom. The fraction of sp³-hybridized carbons (Fsp3) is 0.923. The largest absolute Gasteiger partial charge is 0.312 e. The Labute approximate surface area is 99.8 Å². The predicted octanol–water partition coefficient (Wildman–Crippen LogP) is 2.00. The topological polar surface area (TPSA) is 39.1 Å². The fourth-order valence-electron chi connectivity index (χ4n) is 2.12. The van der Waals surface area contributed by atoms with Crippen molar-refractivity contribution in [1.82, 2.24) is 10.2 Å². The van der Waals surface area contributed by atoms with Gasteiger partial charge in [0.25, 0.3) is 0 Å². The van der Waals surface area contributed by atoms with E-state index in [-0.39, 0.29) is 5.41 Å². The van der Waals surface area contributed by atoms with Crippen LogP contribution in [0.5, 0.6) is 0 Å². The standard InChI is InChI=1S/C13H25N3/c1-4-7-16-8-5-12(6-9-16)15-11-13(2,3)10-14/h12,15H,4-9,11H2,1-3H3. The average Bonchev–Trinajstić information content (AvgIpc) is 2.29. The number of rotatable bonds is 5. The molecule has 3 heteroatoms. The summed E-state index contributed by atoms with van der Waals surface area (Å²) in [5, 5.41) is 12.5. The fourth-order valence-corrected chi connectivity index (χ4v) is 2.12. The average molecular weight is 223 g/mol. The lowest BCUT2D eigenvalue weighted by Crippen LogP contribution is -2.45. The van der Waals surface area contributed by atoms with E-state index >= 15 is 0 Å². The van der Waals surface area contributed by atoms with E-state index in [1.54, 1.807) is 0 Å². The number of piperidine rings is 1. The van der Waals surface area contributed by atoms with Crippen LogP contribution in [-0.2, 0) is 0 Å². The molecule has 1 saturated heterocycles. The molecule has 1 N–H and O–H groups in total. The molecule has 1 fully saturated rings. The van der Waals surface area contributed by atoms with Crippen molar-refractivity contribution < 1.29 is 0 Å². The van der Waals surface area contributed by atoms with E-state index in [9.17, 15) is 0 Å². The zero-order valence-electron chi connectivity index (χ0n) is 10.9. The summed E-state index contributed by atoms with van der Waals surface area (Å²) in [6, 6.07) is 2.95. The quantitative estimate of drug-likeness (QED) is 0.775. The number of nitriles is 1. The van der Waals surface area contributed by atoms with Gasteiger partial charge in [0.2, 0.25) is 0 Å². The van der Waals surface area contributed by atoms with Crippen LogP contribution in [0.25, 0.3) is 0 Å². The van der Waals surface area contributed by atoms with Crippen molar-refractivity contribution in [2.24, 2.45) is 5.41 Å². The van der Waals surface area contributed by atoms with Gasteiger partial charge in [-0.25, -0.2) is 0 Å². The van der Waals surface area contributed by atoms with E-state index in [0.717, 1.165) is 6.54 Å². The molecule has 0 atom stereocenters. The van der Waals surface area contributed by atoms with Gasteiger partial charge in [-0.15, -0.1) is 0 Å². The first-order chi connectivity index (χ1) is 7.57. The number of nitrogens with one attached hydrogen (secondary N) is 1. The summed E-state index contributed by atoms with van der Waals surface area (Å²) in [7, 11) is 0. The summed E-state index contributed by atoms with van der Waals surface area (Å²) < 4.78 is 0. The lowest BCUT2D eigenvalue weighted by molar-refractivity contribution is 0.193. The molecule has 0 radical (unpaired) electrons. The third-order valence-electron chi connectivity index (χ3n) is 3.26. The molecular weight excluding hydrogens is 198 g/mol. The number of hydrogen-bond acceptors (Lipinski definition) is 3. The van der Waals surface area contributed by atoms with Crippen LogP contribution in [0, 0.1) is 16.7 Å². The van der Waals surface area contributed by atoms with Gasteiger partial charge in [-0.3, -0.25) is 0 Å². The summed E-state index contributed by atoms with van der Waals surface area (Å²) in [4.78, 5) is 2.54. The zero-order valence-corrected chi connectivity index (χ0v) is 10.9. The molecule has 1 heterocycles. The molecule has 0 aromatic rings. The normalized spacial score (nSPS) is 19.6. The summed E-state index contributed by atoms with van der Waals surface area (Å²) in [6.45, 7) is 10.7. The highest BCUT2D eigenvalue weighted by molar-refractivity contribution is 4.94. The summed E-state index contributed by atoms with van der Waals surface area (Å²) in [5.41, 5.74) is -0.236. The Hall–Kier alpha value is -0.590. The van der Waals surface area contributed by atoms with Gasteiger partial charge >= 0.3 is 0 Å². The lowest BCUT2D eigenvalue weighted by atomic mass is 9.94. The van der Waals surface area contributed by atoms with Gasteiger partial charge in [-0.1, -0.05) is 6.92 Å². The Morgan fingerprint density at radius 2 is 2.00 bits per heavy atom. The van der Waals surface area contributed by atoms with Crippen molar-refractivity contribution in [3.8, 4) is 6.07 Å². The smallest absolute Gasteiger partial charge is 0.0697 e. The molecule has 0 unspecified atom stereocenters. The number of hydrogen-bond donors (Lipinski definition) is 1. The minimum Gasteiger partial charge on any atom is -0.312 e. The first-order valence-corrected chi connectivity index (χ1v) is 6.44. The van der Waals surface area contributed by atoms with Crippen molar-refractivity contribution >= 4 is 0 Å². The molecule has 92 valence electrons. The molecule has 1 rings (SSSR count). The van der Waals surface area contributed by atoms with E-state index in [4.69, 9.17) is 5.26 Å². The van der Waals surface area contributed by atoms with Gasteiger partial charge in [-0.2, -0.15) is 5.26 Å². The second-order valence-corrected chi connectivity index (χ2v) is 5.49. The van der Waals surface area contributed by atoms with Gasteiger partial charge < -0.3 is 10.2 Å². The molecular formula is C13H25N3. The molecule has 0 aromatic carbocycles. The van der Waals surface area contributed by atoms with Crippen LogP contribution < -0.4 is 5.32 Å². The highest BCUT2D eigenvalue weighted by Crippen LogP contribution is 2.15. The number of nitrogens with zero attached hydrogens (tertiary/aromatic N) is 2. The number of likely N-dealkylation sites (tertiary alicyclic amines) is 1. The summed E-state index contributed by atoms with van der Waals surface area (Å²) >= 11 is 0. The molecule has 3 nitrogen and oxygen atoms in total. The molecule has 1 aliphatic heterocycles. The Balaban J connectivity index is 2.20. The Morgan fingerprint density at radius 3 is 2.50 bits per heavy atom. The van der Waals surface area contributed by atoms with Crippen LogP contribution >= 0.6 is 0 Å². The molecule has 0 aliphatic carbocycles. The van der Waals surface area contributed by atoms with E-state index in [0.29, 0.717) is 6.04 Å². The summed E-state index contributed by atoms with van der Waals surface area (Å²) in [5.74, 6) is 0. The Kier molecular flexibility index (Phi) is 5.24. The molecule has 0 aromatic heterocycles. The minimum absolute atomic E-state index is 0.236. The molecule has 0 amide bonds. The minimum atomic E-state index is -0.236. The first kappa shape index (κ1) is 13.5. The van der Waals surface area contributed by atoms with Crippen molar-refractivity contribution in [3.63, 3.8) is 0 Å². The summed E-state index contributed by atoms with van der Waals surface area (Å²) in [6.07, 6.45) is 3.70. The molecule has 0 saturated carbocycles. The zero-order chi connectivity index (χ0) is 12.0. The van der Waals surface area contributed by atoms with Gasteiger partial charge in [0.15, 0.2) is 0 Å². The lowest BCUT2D eigenvalue weighted by Gasteiger charge is -2.33. The third-order valence-corrected chi connectivity index (χ3v) is 3.26. The molecule has 16 heavy (non-hydrogen) atoms. The predicted molar refractivity (Wildman–Crippen MR) is 67.1 cm³/mol. The van der Waals surface area contributed by atoms with Crippen molar-refractivity contribution in [2.45, 2.75) is 46.1 Å². The molecule has 1 aliphatic rings. The molecule has 0 spiro atoms. The van der Waals surface area contributed by atoms with E-state index in [2.05, 4.69) is 23.2 Å². The Bertz CT molecular complexity index is 234. The van der Waals surface area contributed by atoms with Crippen molar-refractivity contribution in [1.29, 1.82) is 5.26 Å². The van der Waals surface area contributed by atoms with E-state index in [1.165, 1.54) is 38.9 Å². The highest BCUT2D eigenvalue weighted by Gasteiger charge is 2.22. The van der Waals surface area contributed by atoms with Gasteiger partial charge in [0.05, 0.1) is 11.5 Å². The first-order valence-electron chi connectivity index (χ1n) is 6.44. The maximum absolute atomic E-state index is 8.94. The van der Waals surface area contributed by atoms with Crippen LogP contribution in [0.3, 0.4) is 0 Å². The maximum atomic E-state index is 8.94. The van der Waals surface area contributed by atoms with Crippen LogP contribution in [0.1, 0.15) is 40.0 Å². The highest BCUT2D eigenvalue weighted by atomic mass is 15.1. The second kappa shape index (κ2) is 6.22. The maximum Gasteiger partial charge on any atom is 0.0697 e. The van der Waals surface area contributed by atoms with Crippen LogP contribution in [0.2, 0.25) is 0 Å². The molecule has 0 bridgehead atoms. The van der Waals surface area contributed by atoms with Crippen LogP contribution in [0.4, 0.5) is 0 Å². The van der Waals surface area contributed by atoms with Crippen molar-refractivity contribution in [3.05, 3.63) is 0 Å². The van der Waals surface area contributed by atoms with Crippen LogP contribution in [0.15, 0.2) is 0 Å². The van der Waals surface area contributed by atoms with Gasteiger partial charge in [0.1, 0.15) is 0 Å². The SMILES string of the molecule is CCCN1CCC(NCC(C)(C)C#N)CC1. The van der Waals surface area contributed by atoms with Crippen LogP contribution in [-0.4, -0.2) is 37.1 Å². The van der Waals surface area contributed by atoms with Crippen molar-refractivity contribution in [2.75, 3.05) is 26.2 Å².